The van der Waals surface area contributed by atoms with Gasteiger partial charge in [-0.05, 0) is 49.5 Å². The van der Waals surface area contributed by atoms with E-state index in [0.717, 1.165) is 28.8 Å². The number of hydrogen-bond acceptors (Lipinski definition) is 5. The van der Waals surface area contributed by atoms with Gasteiger partial charge in [0.1, 0.15) is 10.6 Å². The molecular weight excluding hydrogens is 334 g/mol. The Hall–Kier alpha value is -1.59. The lowest BCUT2D eigenvalue weighted by atomic mass is 9.97. The average molecular weight is 356 g/mol. The maximum absolute atomic E-state index is 4.78. The molecule has 3 aromatic rings. The van der Waals surface area contributed by atoms with Crippen LogP contribution in [-0.4, -0.2) is 22.8 Å². The molecule has 124 valence electrons. The third-order valence-electron chi connectivity index (χ3n) is 4.53. The van der Waals surface area contributed by atoms with E-state index in [1.54, 1.807) is 11.8 Å². The molecule has 1 aliphatic rings. The summed E-state index contributed by atoms with van der Waals surface area (Å²) in [5.41, 5.74) is 2.85. The molecule has 0 radical (unpaired) electrons. The third kappa shape index (κ3) is 3.15. The highest BCUT2D eigenvalue weighted by molar-refractivity contribution is 7.98. The Kier molecular flexibility index (Phi) is 4.72. The number of benzene rings is 1. The standard InChI is InChI=1S/C19H21N3S2/c1-23-19-21-17(20-12-11-13-7-3-2-4-8-13)16-14-9-5-6-10-15(14)24-18(16)22-19/h2-4,7-8H,5-6,9-12H2,1H3,(H,20,21,22). The molecule has 5 heteroatoms. The first-order valence-electron chi connectivity index (χ1n) is 8.49. The van der Waals surface area contributed by atoms with Crippen molar-refractivity contribution >= 4 is 39.1 Å². The Morgan fingerprint density at radius 1 is 1.12 bits per heavy atom. The van der Waals surface area contributed by atoms with Crippen LogP contribution in [0.15, 0.2) is 35.5 Å². The molecule has 0 bridgehead atoms. The highest BCUT2D eigenvalue weighted by Gasteiger charge is 2.20. The zero-order valence-corrected chi connectivity index (χ0v) is 15.5. The van der Waals surface area contributed by atoms with Gasteiger partial charge in [0.25, 0.3) is 0 Å². The molecule has 1 N–H and O–H groups in total. The van der Waals surface area contributed by atoms with Crippen LogP contribution in [0.25, 0.3) is 10.2 Å². The van der Waals surface area contributed by atoms with E-state index in [-0.39, 0.29) is 0 Å². The van der Waals surface area contributed by atoms with Gasteiger partial charge in [-0.25, -0.2) is 9.97 Å². The summed E-state index contributed by atoms with van der Waals surface area (Å²) in [6, 6.07) is 10.6. The molecule has 0 atom stereocenters. The number of rotatable bonds is 5. The lowest BCUT2D eigenvalue weighted by Crippen LogP contribution is -2.08. The Morgan fingerprint density at radius 3 is 2.79 bits per heavy atom. The van der Waals surface area contributed by atoms with E-state index in [9.17, 15) is 0 Å². The minimum atomic E-state index is 0.864. The number of thiophene rings is 1. The van der Waals surface area contributed by atoms with Crippen molar-refractivity contribution in [1.29, 1.82) is 0 Å². The fraction of sp³-hybridized carbons (Fsp3) is 0.368. The van der Waals surface area contributed by atoms with Gasteiger partial charge in [-0.3, -0.25) is 0 Å². The van der Waals surface area contributed by atoms with Gasteiger partial charge in [0.2, 0.25) is 0 Å². The Balaban J connectivity index is 1.64. The number of thioether (sulfide) groups is 1. The summed E-state index contributed by atoms with van der Waals surface area (Å²) in [5, 5.41) is 5.73. The highest BCUT2D eigenvalue weighted by Crippen LogP contribution is 2.39. The van der Waals surface area contributed by atoms with Gasteiger partial charge in [0, 0.05) is 11.4 Å². The van der Waals surface area contributed by atoms with Crippen LogP contribution in [0, 0.1) is 0 Å². The molecule has 0 spiro atoms. The SMILES string of the molecule is CSc1nc(NCCc2ccccc2)c2c3c(sc2n1)CCCC3. The summed E-state index contributed by atoms with van der Waals surface area (Å²) in [4.78, 5) is 12.2. The van der Waals surface area contributed by atoms with Crippen LogP contribution in [-0.2, 0) is 19.3 Å². The molecule has 4 rings (SSSR count). The van der Waals surface area contributed by atoms with Gasteiger partial charge in [-0.2, -0.15) is 0 Å². The van der Waals surface area contributed by atoms with Crippen molar-refractivity contribution in [1.82, 2.24) is 9.97 Å². The van der Waals surface area contributed by atoms with E-state index in [1.165, 1.54) is 47.1 Å². The second kappa shape index (κ2) is 7.11. The molecule has 1 aromatic carbocycles. The Morgan fingerprint density at radius 2 is 1.96 bits per heavy atom. The van der Waals surface area contributed by atoms with E-state index in [1.807, 2.05) is 17.6 Å². The van der Waals surface area contributed by atoms with Crippen LogP contribution >= 0.6 is 23.1 Å². The number of aryl methyl sites for hydroxylation is 2. The Bertz CT molecular complexity index is 843. The first-order chi connectivity index (χ1) is 11.8. The van der Waals surface area contributed by atoms with Crippen LogP contribution in [0.4, 0.5) is 5.82 Å². The summed E-state index contributed by atoms with van der Waals surface area (Å²) in [6.45, 7) is 0.897. The molecule has 0 fully saturated rings. The number of aromatic nitrogens is 2. The second-order valence-electron chi connectivity index (χ2n) is 6.11. The van der Waals surface area contributed by atoms with E-state index < -0.39 is 0 Å². The summed E-state index contributed by atoms with van der Waals surface area (Å²) < 4.78 is 0. The first kappa shape index (κ1) is 15.9. The third-order valence-corrected chi connectivity index (χ3v) is 6.26. The van der Waals surface area contributed by atoms with E-state index >= 15 is 0 Å². The zero-order valence-electron chi connectivity index (χ0n) is 13.8. The molecule has 1 aliphatic carbocycles. The van der Waals surface area contributed by atoms with Gasteiger partial charge in [0.05, 0.1) is 5.39 Å². The predicted molar refractivity (Wildman–Crippen MR) is 104 cm³/mol. The molecule has 0 aliphatic heterocycles. The van der Waals surface area contributed by atoms with Gasteiger partial charge in [-0.1, -0.05) is 42.1 Å². The smallest absolute Gasteiger partial charge is 0.190 e. The fourth-order valence-electron chi connectivity index (χ4n) is 3.33. The molecule has 24 heavy (non-hydrogen) atoms. The van der Waals surface area contributed by atoms with Crippen molar-refractivity contribution in [2.45, 2.75) is 37.3 Å². The van der Waals surface area contributed by atoms with Crippen LogP contribution in [0.5, 0.6) is 0 Å². The van der Waals surface area contributed by atoms with Gasteiger partial charge in [-0.15, -0.1) is 11.3 Å². The number of fused-ring (bicyclic) bond motifs is 3. The molecular formula is C19H21N3S2. The minimum absolute atomic E-state index is 0.864. The zero-order chi connectivity index (χ0) is 16.4. The number of hydrogen-bond donors (Lipinski definition) is 1. The maximum Gasteiger partial charge on any atom is 0.190 e. The summed E-state index contributed by atoms with van der Waals surface area (Å²) >= 11 is 3.49. The number of nitrogens with one attached hydrogen (secondary N) is 1. The van der Waals surface area contributed by atoms with Crippen molar-refractivity contribution in [3.63, 3.8) is 0 Å². The van der Waals surface area contributed by atoms with Crippen LogP contribution in [0.3, 0.4) is 0 Å². The Labute approximate surface area is 150 Å². The highest BCUT2D eigenvalue weighted by atomic mass is 32.2. The van der Waals surface area contributed by atoms with E-state index in [4.69, 9.17) is 9.97 Å². The lowest BCUT2D eigenvalue weighted by Gasteiger charge is -2.13. The van der Waals surface area contributed by atoms with Gasteiger partial charge < -0.3 is 5.32 Å². The first-order valence-corrected chi connectivity index (χ1v) is 10.5. The molecule has 0 amide bonds. The summed E-state index contributed by atoms with van der Waals surface area (Å²) in [7, 11) is 0. The van der Waals surface area contributed by atoms with Crippen LogP contribution in [0.2, 0.25) is 0 Å². The molecule has 3 nitrogen and oxygen atoms in total. The minimum Gasteiger partial charge on any atom is -0.369 e. The largest absolute Gasteiger partial charge is 0.369 e. The quantitative estimate of drug-likeness (QED) is 0.519. The topological polar surface area (TPSA) is 37.8 Å². The van der Waals surface area contributed by atoms with Crippen molar-refractivity contribution in [2.75, 3.05) is 18.1 Å². The maximum atomic E-state index is 4.78. The van der Waals surface area contributed by atoms with Crippen molar-refractivity contribution < 1.29 is 0 Å². The van der Waals surface area contributed by atoms with Crippen LogP contribution in [0.1, 0.15) is 28.8 Å². The monoisotopic (exact) mass is 355 g/mol. The fourth-order valence-corrected chi connectivity index (χ4v) is 5.01. The molecule has 0 saturated carbocycles. The molecule has 2 heterocycles. The van der Waals surface area contributed by atoms with Crippen molar-refractivity contribution in [2.24, 2.45) is 0 Å². The molecule has 0 saturated heterocycles. The number of nitrogens with zero attached hydrogens (tertiary/aromatic N) is 2. The summed E-state index contributed by atoms with van der Waals surface area (Å²) in [5.74, 6) is 1.03. The van der Waals surface area contributed by atoms with Gasteiger partial charge in [0.15, 0.2) is 5.16 Å². The molecule has 0 unspecified atom stereocenters. The normalized spacial score (nSPS) is 13.9. The van der Waals surface area contributed by atoms with Gasteiger partial charge >= 0.3 is 0 Å². The second-order valence-corrected chi connectivity index (χ2v) is 7.97. The van der Waals surface area contributed by atoms with E-state index in [0.29, 0.717) is 0 Å². The summed E-state index contributed by atoms with van der Waals surface area (Å²) in [6.07, 6.45) is 8.01. The lowest BCUT2D eigenvalue weighted by molar-refractivity contribution is 0.700. The average Bonchev–Trinajstić information content (AvgIpc) is 3.01. The van der Waals surface area contributed by atoms with Crippen molar-refractivity contribution in [3.05, 3.63) is 46.3 Å². The number of anilines is 1. The predicted octanol–water partition coefficient (Wildman–Crippen LogP) is 4.95. The van der Waals surface area contributed by atoms with Crippen LogP contribution < -0.4 is 5.32 Å². The van der Waals surface area contributed by atoms with Crippen molar-refractivity contribution in [3.8, 4) is 0 Å². The molecule has 2 aromatic heterocycles. The van der Waals surface area contributed by atoms with E-state index in [2.05, 4.69) is 35.6 Å².